The van der Waals surface area contributed by atoms with Gasteiger partial charge in [-0.25, -0.2) is 9.97 Å². The highest BCUT2D eigenvalue weighted by Crippen LogP contribution is 2.25. The topological polar surface area (TPSA) is 55.0 Å². The minimum atomic E-state index is 0.482. The van der Waals surface area contributed by atoms with Crippen LogP contribution >= 0.6 is 11.6 Å². The number of halogens is 1. The lowest BCUT2D eigenvalue weighted by atomic mass is 9.98. The van der Waals surface area contributed by atoms with Crippen molar-refractivity contribution in [3.8, 4) is 0 Å². The molecular weight excluding hydrogens is 212 g/mol. The second-order valence-corrected chi connectivity index (χ2v) is 4.22. The van der Waals surface area contributed by atoms with E-state index in [1.165, 1.54) is 6.42 Å². The first kappa shape index (κ1) is 10.6. The first-order valence-corrected chi connectivity index (χ1v) is 5.60. The largest absolute Gasteiger partial charge is 0.354 e. The van der Waals surface area contributed by atoms with Crippen molar-refractivity contribution in [1.82, 2.24) is 9.97 Å². The monoisotopic (exact) mass is 226 g/mol. The maximum Gasteiger partial charge on any atom is 0.171 e. The Morgan fingerprint density at radius 2 is 2.27 bits per heavy atom. The van der Waals surface area contributed by atoms with Crippen molar-refractivity contribution in [3.05, 3.63) is 17.5 Å². The molecule has 15 heavy (non-hydrogen) atoms. The number of hydrogen-bond acceptors (Lipinski definition) is 4. The molecule has 0 saturated carbocycles. The van der Waals surface area contributed by atoms with Crippen LogP contribution in [0.1, 0.15) is 12.8 Å². The van der Waals surface area contributed by atoms with Gasteiger partial charge in [-0.3, -0.25) is 0 Å². The van der Waals surface area contributed by atoms with Crippen LogP contribution in [0.2, 0.25) is 5.15 Å². The van der Waals surface area contributed by atoms with Crippen molar-refractivity contribution in [2.75, 3.05) is 24.5 Å². The Balaban J connectivity index is 2.13. The van der Waals surface area contributed by atoms with Crippen molar-refractivity contribution in [2.24, 2.45) is 11.7 Å². The molecule has 2 N–H and O–H groups in total. The Morgan fingerprint density at radius 3 is 3.00 bits per heavy atom. The molecule has 0 aliphatic carbocycles. The summed E-state index contributed by atoms with van der Waals surface area (Å²) in [5, 5.41) is 0.482. The van der Waals surface area contributed by atoms with Crippen molar-refractivity contribution in [1.29, 1.82) is 0 Å². The molecular formula is C10H15ClN4. The molecule has 1 aromatic rings. The summed E-state index contributed by atoms with van der Waals surface area (Å²) in [4.78, 5) is 10.5. The van der Waals surface area contributed by atoms with Gasteiger partial charge in [0.15, 0.2) is 11.0 Å². The van der Waals surface area contributed by atoms with E-state index in [2.05, 4.69) is 14.9 Å². The fraction of sp³-hybridized carbons (Fsp3) is 0.600. The van der Waals surface area contributed by atoms with E-state index in [0.29, 0.717) is 11.1 Å². The van der Waals surface area contributed by atoms with E-state index in [1.807, 2.05) is 0 Å². The van der Waals surface area contributed by atoms with E-state index in [4.69, 9.17) is 17.3 Å². The number of nitrogens with zero attached hydrogens (tertiary/aromatic N) is 3. The molecule has 1 aliphatic rings. The number of nitrogens with two attached hydrogens (primary N) is 1. The molecule has 1 aromatic heterocycles. The molecule has 1 aliphatic heterocycles. The van der Waals surface area contributed by atoms with Crippen LogP contribution in [-0.4, -0.2) is 29.6 Å². The van der Waals surface area contributed by atoms with Crippen LogP contribution in [0.25, 0.3) is 0 Å². The van der Waals surface area contributed by atoms with Gasteiger partial charge in [0.1, 0.15) is 0 Å². The zero-order valence-corrected chi connectivity index (χ0v) is 9.32. The van der Waals surface area contributed by atoms with Gasteiger partial charge in [-0.1, -0.05) is 11.6 Å². The summed E-state index contributed by atoms with van der Waals surface area (Å²) < 4.78 is 0. The van der Waals surface area contributed by atoms with Gasteiger partial charge in [-0.05, 0) is 25.3 Å². The Kier molecular flexibility index (Phi) is 3.38. The molecule has 0 radical (unpaired) electrons. The van der Waals surface area contributed by atoms with Crippen LogP contribution in [0, 0.1) is 5.92 Å². The smallest absolute Gasteiger partial charge is 0.171 e. The Morgan fingerprint density at radius 1 is 1.47 bits per heavy atom. The van der Waals surface area contributed by atoms with Gasteiger partial charge >= 0.3 is 0 Å². The average molecular weight is 227 g/mol. The zero-order chi connectivity index (χ0) is 10.7. The van der Waals surface area contributed by atoms with Gasteiger partial charge in [0.05, 0.1) is 0 Å². The van der Waals surface area contributed by atoms with Gasteiger partial charge in [-0.15, -0.1) is 0 Å². The molecule has 1 atom stereocenters. The minimum absolute atomic E-state index is 0.482. The molecule has 0 bridgehead atoms. The van der Waals surface area contributed by atoms with Crippen LogP contribution in [0.15, 0.2) is 12.4 Å². The summed E-state index contributed by atoms with van der Waals surface area (Å²) in [7, 11) is 0. The van der Waals surface area contributed by atoms with Crippen molar-refractivity contribution >= 4 is 17.4 Å². The maximum absolute atomic E-state index is 6.00. The highest BCUT2D eigenvalue weighted by molar-refractivity contribution is 6.31. The van der Waals surface area contributed by atoms with Gasteiger partial charge in [0, 0.05) is 25.5 Å². The third-order valence-electron chi connectivity index (χ3n) is 2.79. The number of aromatic nitrogens is 2. The van der Waals surface area contributed by atoms with Crippen LogP contribution in [0.3, 0.4) is 0 Å². The fourth-order valence-electron chi connectivity index (χ4n) is 1.98. The van der Waals surface area contributed by atoms with E-state index in [-0.39, 0.29) is 0 Å². The summed E-state index contributed by atoms with van der Waals surface area (Å²) >= 11 is 6.00. The van der Waals surface area contributed by atoms with Gasteiger partial charge in [-0.2, -0.15) is 0 Å². The average Bonchev–Trinajstić information content (AvgIpc) is 2.30. The molecule has 5 heteroatoms. The van der Waals surface area contributed by atoms with Gasteiger partial charge in [0.25, 0.3) is 0 Å². The van der Waals surface area contributed by atoms with Crippen LogP contribution in [0.5, 0.6) is 0 Å². The van der Waals surface area contributed by atoms with E-state index in [0.717, 1.165) is 31.9 Å². The number of rotatable bonds is 2. The van der Waals surface area contributed by atoms with Crippen LogP contribution in [0.4, 0.5) is 5.82 Å². The molecule has 4 nitrogen and oxygen atoms in total. The Labute approximate surface area is 94.5 Å². The van der Waals surface area contributed by atoms with E-state index >= 15 is 0 Å². The summed E-state index contributed by atoms with van der Waals surface area (Å²) in [6.45, 7) is 2.66. The Bertz CT molecular complexity index is 331. The third kappa shape index (κ3) is 2.38. The van der Waals surface area contributed by atoms with Crippen molar-refractivity contribution in [2.45, 2.75) is 12.8 Å². The normalized spacial score (nSPS) is 21.7. The lowest BCUT2D eigenvalue weighted by molar-refractivity contribution is 0.421. The minimum Gasteiger partial charge on any atom is -0.354 e. The maximum atomic E-state index is 6.00. The standard InChI is InChI=1S/C10H15ClN4/c11-9-10(14-4-3-13-9)15-5-1-2-8(6-12)7-15/h3-4,8H,1-2,5-7,12H2/t8-/m1/s1. The van der Waals surface area contributed by atoms with Gasteiger partial charge < -0.3 is 10.6 Å². The Hall–Kier alpha value is -0.870. The molecule has 0 spiro atoms. The summed E-state index contributed by atoms with van der Waals surface area (Å²) in [5.41, 5.74) is 5.69. The van der Waals surface area contributed by atoms with Crippen LogP contribution in [-0.2, 0) is 0 Å². The molecule has 0 amide bonds. The predicted octanol–water partition coefficient (Wildman–Crippen LogP) is 1.31. The second kappa shape index (κ2) is 4.77. The van der Waals surface area contributed by atoms with E-state index in [9.17, 15) is 0 Å². The molecule has 1 fully saturated rings. The highest BCUT2D eigenvalue weighted by Gasteiger charge is 2.21. The third-order valence-corrected chi connectivity index (χ3v) is 3.05. The molecule has 2 rings (SSSR count). The quantitative estimate of drug-likeness (QED) is 0.826. The molecule has 1 saturated heterocycles. The van der Waals surface area contributed by atoms with Gasteiger partial charge in [0.2, 0.25) is 0 Å². The fourth-order valence-corrected chi connectivity index (χ4v) is 2.20. The first-order chi connectivity index (χ1) is 7.31. The summed E-state index contributed by atoms with van der Waals surface area (Å²) in [6.07, 6.45) is 5.63. The summed E-state index contributed by atoms with van der Waals surface area (Å²) in [5.74, 6) is 1.34. The first-order valence-electron chi connectivity index (χ1n) is 5.22. The van der Waals surface area contributed by atoms with E-state index < -0.39 is 0 Å². The SMILES string of the molecule is NC[C@H]1CCCN(c2nccnc2Cl)C1. The molecule has 2 heterocycles. The van der Waals surface area contributed by atoms with E-state index in [1.54, 1.807) is 12.4 Å². The number of piperidine rings is 1. The number of hydrogen-bond donors (Lipinski definition) is 1. The van der Waals surface area contributed by atoms with Crippen LogP contribution < -0.4 is 10.6 Å². The molecule has 82 valence electrons. The number of anilines is 1. The highest BCUT2D eigenvalue weighted by atomic mass is 35.5. The lowest BCUT2D eigenvalue weighted by Gasteiger charge is -2.33. The predicted molar refractivity (Wildman–Crippen MR) is 61.0 cm³/mol. The molecule has 0 unspecified atom stereocenters. The second-order valence-electron chi connectivity index (χ2n) is 3.86. The summed E-state index contributed by atoms with van der Waals surface area (Å²) in [6, 6.07) is 0. The zero-order valence-electron chi connectivity index (χ0n) is 8.56. The van der Waals surface area contributed by atoms with Crippen molar-refractivity contribution in [3.63, 3.8) is 0 Å². The van der Waals surface area contributed by atoms with Crippen molar-refractivity contribution < 1.29 is 0 Å². The lowest BCUT2D eigenvalue weighted by Crippen LogP contribution is -2.39. The molecule has 0 aromatic carbocycles.